The van der Waals surface area contributed by atoms with Crippen LogP contribution >= 0.6 is 11.6 Å². The Bertz CT molecular complexity index is 507. The number of carbonyl (C=O) groups excluding carboxylic acids is 2. The van der Waals surface area contributed by atoms with Crippen LogP contribution in [0.5, 0.6) is 0 Å². The summed E-state index contributed by atoms with van der Waals surface area (Å²) in [5, 5.41) is 3.48. The standard InChI is InChI=1S/C14H18ClN3O2/c15-11-5-1-3-9(7-11)13(19)17-12-6-2-4-10(8-12)14(20)18-16/h1,3,5,7,10,12H,2,4,6,8,16H2,(H,17,19)(H,18,20)/t10-,12+/m1/s1. The van der Waals surface area contributed by atoms with E-state index in [2.05, 4.69) is 10.7 Å². The number of hydrogen-bond acceptors (Lipinski definition) is 3. The molecule has 1 aliphatic rings. The minimum atomic E-state index is -0.161. The van der Waals surface area contributed by atoms with Crippen LogP contribution in [0.25, 0.3) is 0 Å². The predicted octanol–water partition coefficient (Wildman–Crippen LogP) is 1.62. The molecule has 1 aliphatic carbocycles. The average Bonchev–Trinajstić information content (AvgIpc) is 2.46. The van der Waals surface area contributed by atoms with Gasteiger partial charge in [0, 0.05) is 22.5 Å². The number of halogens is 1. The molecule has 0 spiro atoms. The van der Waals surface area contributed by atoms with Crippen molar-refractivity contribution >= 4 is 23.4 Å². The molecule has 6 heteroatoms. The zero-order valence-electron chi connectivity index (χ0n) is 11.1. The molecule has 1 fully saturated rings. The first-order valence-corrected chi connectivity index (χ1v) is 7.05. The molecular weight excluding hydrogens is 278 g/mol. The Morgan fingerprint density at radius 1 is 1.30 bits per heavy atom. The van der Waals surface area contributed by atoms with E-state index in [9.17, 15) is 9.59 Å². The quantitative estimate of drug-likeness (QED) is 0.450. The van der Waals surface area contributed by atoms with Crippen LogP contribution in [0.3, 0.4) is 0 Å². The van der Waals surface area contributed by atoms with Gasteiger partial charge in [0.05, 0.1) is 0 Å². The number of hydrogen-bond donors (Lipinski definition) is 3. The molecular formula is C14H18ClN3O2. The molecule has 2 amide bonds. The minimum Gasteiger partial charge on any atom is -0.349 e. The monoisotopic (exact) mass is 295 g/mol. The Balaban J connectivity index is 1.96. The van der Waals surface area contributed by atoms with Gasteiger partial charge in [-0.1, -0.05) is 24.1 Å². The number of rotatable bonds is 3. The van der Waals surface area contributed by atoms with Crippen molar-refractivity contribution in [1.29, 1.82) is 0 Å². The molecule has 20 heavy (non-hydrogen) atoms. The molecule has 108 valence electrons. The molecule has 0 bridgehead atoms. The number of hydrazine groups is 1. The fourth-order valence-electron chi connectivity index (χ4n) is 2.58. The van der Waals surface area contributed by atoms with Crippen molar-refractivity contribution < 1.29 is 9.59 Å². The normalized spacial score (nSPS) is 22.1. The fraction of sp³-hybridized carbons (Fsp3) is 0.429. The van der Waals surface area contributed by atoms with Crippen molar-refractivity contribution in [3.63, 3.8) is 0 Å². The van der Waals surface area contributed by atoms with Gasteiger partial charge in [-0.15, -0.1) is 0 Å². The molecule has 0 saturated heterocycles. The molecule has 1 aromatic carbocycles. The molecule has 1 saturated carbocycles. The second-order valence-electron chi connectivity index (χ2n) is 5.05. The third-order valence-electron chi connectivity index (χ3n) is 3.61. The molecule has 0 radical (unpaired) electrons. The van der Waals surface area contributed by atoms with Crippen molar-refractivity contribution in [3.05, 3.63) is 34.9 Å². The van der Waals surface area contributed by atoms with Gasteiger partial charge in [-0.3, -0.25) is 15.0 Å². The van der Waals surface area contributed by atoms with Crippen LogP contribution < -0.4 is 16.6 Å². The van der Waals surface area contributed by atoms with E-state index >= 15 is 0 Å². The smallest absolute Gasteiger partial charge is 0.251 e. The largest absolute Gasteiger partial charge is 0.349 e. The van der Waals surface area contributed by atoms with Crippen molar-refractivity contribution in [3.8, 4) is 0 Å². The van der Waals surface area contributed by atoms with Crippen LogP contribution in [-0.4, -0.2) is 17.9 Å². The first kappa shape index (κ1) is 14.8. The Labute approximate surface area is 122 Å². The summed E-state index contributed by atoms with van der Waals surface area (Å²) in [4.78, 5) is 23.7. The van der Waals surface area contributed by atoms with E-state index in [1.54, 1.807) is 24.3 Å². The Hall–Kier alpha value is -1.59. The summed E-state index contributed by atoms with van der Waals surface area (Å²) in [7, 11) is 0. The summed E-state index contributed by atoms with van der Waals surface area (Å²) in [5.41, 5.74) is 2.71. The van der Waals surface area contributed by atoms with Crippen LogP contribution in [0.1, 0.15) is 36.0 Å². The topological polar surface area (TPSA) is 84.2 Å². The Morgan fingerprint density at radius 3 is 2.80 bits per heavy atom. The molecule has 0 aromatic heterocycles. The number of benzene rings is 1. The lowest BCUT2D eigenvalue weighted by molar-refractivity contribution is -0.126. The molecule has 0 unspecified atom stereocenters. The van der Waals surface area contributed by atoms with Gasteiger partial charge in [-0.25, -0.2) is 5.84 Å². The molecule has 0 heterocycles. The van der Waals surface area contributed by atoms with Crippen molar-refractivity contribution in [1.82, 2.24) is 10.7 Å². The highest BCUT2D eigenvalue weighted by atomic mass is 35.5. The maximum atomic E-state index is 12.1. The van der Waals surface area contributed by atoms with Gasteiger partial charge in [-0.05, 0) is 37.5 Å². The number of nitrogens with one attached hydrogen (secondary N) is 2. The highest BCUT2D eigenvalue weighted by Crippen LogP contribution is 2.24. The lowest BCUT2D eigenvalue weighted by Gasteiger charge is -2.28. The van der Waals surface area contributed by atoms with E-state index in [1.807, 2.05) is 0 Å². The van der Waals surface area contributed by atoms with Crippen LogP contribution in [-0.2, 0) is 4.79 Å². The van der Waals surface area contributed by atoms with Gasteiger partial charge >= 0.3 is 0 Å². The maximum absolute atomic E-state index is 12.1. The maximum Gasteiger partial charge on any atom is 0.251 e. The lowest BCUT2D eigenvalue weighted by Crippen LogP contribution is -2.44. The SMILES string of the molecule is NNC(=O)[C@@H]1CCC[C@H](NC(=O)c2cccc(Cl)c2)C1. The average molecular weight is 296 g/mol. The summed E-state index contributed by atoms with van der Waals surface area (Å²) in [6.07, 6.45) is 3.21. The summed E-state index contributed by atoms with van der Waals surface area (Å²) in [6.45, 7) is 0. The summed E-state index contributed by atoms with van der Waals surface area (Å²) in [5.74, 6) is 4.71. The molecule has 2 atom stereocenters. The number of amides is 2. The summed E-state index contributed by atoms with van der Waals surface area (Å²) in [6, 6.07) is 6.80. The molecule has 0 aliphatic heterocycles. The molecule has 5 nitrogen and oxygen atoms in total. The molecule has 1 aromatic rings. The van der Waals surface area contributed by atoms with E-state index in [0.29, 0.717) is 17.0 Å². The van der Waals surface area contributed by atoms with Gasteiger partial charge in [0.25, 0.3) is 5.91 Å². The molecule has 2 rings (SSSR count). The van der Waals surface area contributed by atoms with E-state index in [1.165, 1.54) is 0 Å². The van der Waals surface area contributed by atoms with Gasteiger partial charge in [0.15, 0.2) is 0 Å². The Kier molecular flexibility index (Phi) is 4.98. The van der Waals surface area contributed by atoms with Crippen LogP contribution in [0.2, 0.25) is 5.02 Å². The number of carbonyl (C=O) groups is 2. The number of nitrogens with two attached hydrogens (primary N) is 1. The van der Waals surface area contributed by atoms with E-state index < -0.39 is 0 Å². The Morgan fingerprint density at radius 2 is 2.10 bits per heavy atom. The predicted molar refractivity (Wildman–Crippen MR) is 77.0 cm³/mol. The highest BCUT2D eigenvalue weighted by molar-refractivity contribution is 6.30. The van der Waals surface area contributed by atoms with Crippen molar-refractivity contribution in [2.45, 2.75) is 31.7 Å². The van der Waals surface area contributed by atoms with Crippen LogP contribution in [0.4, 0.5) is 0 Å². The second-order valence-corrected chi connectivity index (χ2v) is 5.49. The van der Waals surface area contributed by atoms with E-state index in [4.69, 9.17) is 17.4 Å². The van der Waals surface area contributed by atoms with Gasteiger partial charge < -0.3 is 5.32 Å². The first-order chi connectivity index (χ1) is 9.60. The summed E-state index contributed by atoms with van der Waals surface area (Å²) >= 11 is 5.87. The van der Waals surface area contributed by atoms with Gasteiger partial charge in [0.2, 0.25) is 5.91 Å². The van der Waals surface area contributed by atoms with E-state index in [0.717, 1.165) is 19.3 Å². The van der Waals surface area contributed by atoms with Gasteiger partial charge in [-0.2, -0.15) is 0 Å². The molecule has 4 N–H and O–H groups in total. The third-order valence-corrected chi connectivity index (χ3v) is 3.84. The van der Waals surface area contributed by atoms with Crippen LogP contribution in [0.15, 0.2) is 24.3 Å². The second kappa shape index (κ2) is 6.72. The minimum absolute atomic E-state index is 0.00229. The zero-order chi connectivity index (χ0) is 14.5. The summed E-state index contributed by atoms with van der Waals surface area (Å²) < 4.78 is 0. The first-order valence-electron chi connectivity index (χ1n) is 6.67. The van der Waals surface area contributed by atoms with E-state index in [-0.39, 0.29) is 23.8 Å². The fourth-order valence-corrected chi connectivity index (χ4v) is 2.77. The lowest BCUT2D eigenvalue weighted by atomic mass is 9.85. The highest BCUT2D eigenvalue weighted by Gasteiger charge is 2.27. The van der Waals surface area contributed by atoms with Crippen LogP contribution in [0, 0.1) is 5.92 Å². The van der Waals surface area contributed by atoms with Crippen molar-refractivity contribution in [2.75, 3.05) is 0 Å². The van der Waals surface area contributed by atoms with Crippen molar-refractivity contribution in [2.24, 2.45) is 11.8 Å². The third kappa shape index (κ3) is 3.71. The van der Waals surface area contributed by atoms with Gasteiger partial charge in [0.1, 0.15) is 0 Å². The zero-order valence-corrected chi connectivity index (χ0v) is 11.8.